The van der Waals surface area contributed by atoms with E-state index in [9.17, 15) is 0 Å². The third-order valence-corrected chi connectivity index (χ3v) is 2.52. The van der Waals surface area contributed by atoms with Gasteiger partial charge >= 0.3 is 0 Å². The zero-order valence-electron chi connectivity index (χ0n) is 11.4. The smallest absolute Gasteiger partial charge is 0.118 e. The lowest BCUT2D eigenvalue weighted by atomic mass is 10.1. The maximum absolute atomic E-state index is 5.17. The van der Waals surface area contributed by atoms with Gasteiger partial charge in [0, 0.05) is 26.3 Å². The summed E-state index contributed by atoms with van der Waals surface area (Å²) in [5, 5.41) is 0. The highest BCUT2D eigenvalue weighted by Crippen LogP contribution is 2.20. The molecule has 0 spiro atoms. The van der Waals surface area contributed by atoms with E-state index in [1.54, 1.807) is 7.11 Å². The molecule has 0 aliphatic heterocycles. The fourth-order valence-electron chi connectivity index (χ4n) is 1.59. The van der Waals surface area contributed by atoms with E-state index in [1.165, 1.54) is 11.3 Å². The van der Waals surface area contributed by atoms with E-state index in [1.807, 2.05) is 12.1 Å². The second-order valence-corrected chi connectivity index (χ2v) is 4.47. The standard InChI is InChI=1S/C14H22N2O/c1-15(2)11-10-14(16(3)4)12-6-8-13(17-5)9-7-12/h6-10H,11H2,1-5H3/b14-10-. The van der Waals surface area contributed by atoms with Gasteiger partial charge in [0.05, 0.1) is 7.11 Å². The number of rotatable bonds is 5. The Morgan fingerprint density at radius 2 is 1.71 bits per heavy atom. The van der Waals surface area contributed by atoms with E-state index in [4.69, 9.17) is 4.74 Å². The number of likely N-dealkylation sites (N-methyl/N-ethyl adjacent to an activating group) is 1. The van der Waals surface area contributed by atoms with Crippen molar-refractivity contribution in [1.82, 2.24) is 9.80 Å². The molecule has 0 radical (unpaired) electrons. The Morgan fingerprint density at radius 1 is 1.12 bits per heavy atom. The summed E-state index contributed by atoms with van der Waals surface area (Å²) in [5.74, 6) is 0.888. The molecule has 94 valence electrons. The number of ether oxygens (including phenoxy) is 1. The molecule has 1 rings (SSSR count). The minimum Gasteiger partial charge on any atom is -0.497 e. The van der Waals surface area contributed by atoms with Crippen molar-refractivity contribution in [3.05, 3.63) is 35.9 Å². The Balaban J connectivity index is 2.93. The summed E-state index contributed by atoms with van der Waals surface area (Å²) in [5.41, 5.74) is 2.43. The average molecular weight is 234 g/mol. The summed E-state index contributed by atoms with van der Waals surface area (Å²) in [4.78, 5) is 4.28. The van der Waals surface area contributed by atoms with Crippen LogP contribution in [0.1, 0.15) is 5.56 Å². The monoisotopic (exact) mass is 234 g/mol. The summed E-state index contributed by atoms with van der Waals surface area (Å²) in [6.45, 7) is 0.930. The molecule has 0 unspecified atom stereocenters. The van der Waals surface area contributed by atoms with Gasteiger partial charge in [0.15, 0.2) is 0 Å². The molecule has 0 aliphatic carbocycles. The van der Waals surface area contributed by atoms with E-state index in [2.05, 4.69) is 56.2 Å². The molecule has 0 heterocycles. The van der Waals surface area contributed by atoms with Crippen LogP contribution in [0.25, 0.3) is 5.70 Å². The molecule has 0 fully saturated rings. The topological polar surface area (TPSA) is 15.7 Å². The number of benzene rings is 1. The SMILES string of the molecule is COc1ccc(/C(=C/CN(C)C)N(C)C)cc1. The molecule has 0 aliphatic rings. The normalized spacial score (nSPS) is 11.8. The molecule has 1 aromatic carbocycles. The van der Waals surface area contributed by atoms with Crippen molar-refractivity contribution in [3.63, 3.8) is 0 Å². The van der Waals surface area contributed by atoms with Crippen molar-refractivity contribution in [3.8, 4) is 5.75 Å². The van der Waals surface area contributed by atoms with Gasteiger partial charge in [-0.25, -0.2) is 0 Å². The van der Waals surface area contributed by atoms with Crippen LogP contribution in [0.3, 0.4) is 0 Å². The highest BCUT2D eigenvalue weighted by atomic mass is 16.5. The summed E-state index contributed by atoms with van der Waals surface area (Å²) in [6.07, 6.45) is 2.22. The number of hydrogen-bond donors (Lipinski definition) is 0. The maximum Gasteiger partial charge on any atom is 0.118 e. The van der Waals surface area contributed by atoms with E-state index in [0.717, 1.165) is 12.3 Å². The van der Waals surface area contributed by atoms with Crippen molar-refractivity contribution in [2.24, 2.45) is 0 Å². The second kappa shape index (κ2) is 6.30. The van der Waals surface area contributed by atoms with Crippen molar-refractivity contribution in [2.75, 3.05) is 41.8 Å². The predicted molar refractivity (Wildman–Crippen MR) is 73.2 cm³/mol. The molecular weight excluding hydrogens is 212 g/mol. The summed E-state index contributed by atoms with van der Waals surface area (Å²) in [6, 6.07) is 8.14. The summed E-state index contributed by atoms with van der Waals surface area (Å²) in [7, 11) is 9.94. The molecule has 0 bridgehead atoms. The Morgan fingerprint density at radius 3 is 2.12 bits per heavy atom. The summed E-state index contributed by atoms with van der Waals surface area (Å²) >= 11 is 0. The molecule has 3 nitrogen and oxygen atoms in total. The molecule has 0 N–H and O–H groups in total. The summed E-state index contributed by atoms with van der Waals surface area (Å²) < 4.78 is 5.17. The van der Waals surface area contributed by atoms with Crippen LogP contribution in [0.15, 0.2) is 30.3 Å². The zero-order chi connectivity index (χ0) is 12.8. The van der Waals surface area contributed by atoms with Crippen LogP contribution in [0.5, 0.6) is 5.75 Å². The molecule has 3 heteroatoms. The van der Waals surface area contributed by atoms with E-state index >= 15 is 0 Å². The first-order chi connectivity index (χ1) is 8.04. The van der Waals surface area contributed by atoms with Gasteiger partial charge in [0.2, 0.25) is 0 Å². The van der Waals surface area contributed by atoms with E-state index in [-0.39, 0.29) is 0 Å². The number of nitrogens with zero attached hydrogens (tertiary/aromatic N) is 2. The van der Waals surface area contributed by atoms with Crippen LogP contribution in [0, 0.1) is 0 Å². The highest BCUT2D eigenvalue weighted by molar-refractivity contribution is 5.64. The lowest BCUT2D eigenvalue weighted by molar-refractivity contribution is 0.414. The van der Waals surface area contributed by atoms with Crippen molar-refractivity contribution in [1.29, 1.82) is 0 Å². The first-order valence-electron chi connectivity index (χ1n) is 5.71. The van der Waals surface area contributed by atoms with Crippen LogP contribution in [-0.2, 0) is 0 Å². The largest absolute Gasteiger partial charge is 0.497 e. The van der Waals surface area contributed by atoms with Gasteiger partial charge in [-0.2, -0.15) is 0 Å². The number of methoxy groups -OCH3 is 1. The minimum absolute atomic E-state index is 0.888. The molecule has 17 heavy (non-hydrogen) atoms. The molecule has 0 aromatic heterocycles. The van der Waals surface area contributed by atoms with Crippen LogP contribution >= 0.6 is 0 Å². The van der Waals surface area contributed by atoms with E-state index in [0.29, 0.717) is 0 Å². The Kier molecular flexibility index (Phi) is 5.04. The van der Waals surface area contributed by atoms with Crippen LogP contribution in [-0.4, -0.2) is 51.6 Å². The highest BCUT2D eigenvalue weighted by Gasteiger charge is 2.04. The van der Waals surface area contributed by atoms with Crippen molar-refractivity contribution in [2.45, 2.75) is 0 Å². The fourth-order valence-corrected chi connectivity index (χ4v) is 1.59. The Labute approximate surface area is 104 Å². The number of hydrogen-bond acceptors (Lipinski definition) is 3. The molecule has 0 atom stereocenters. The van der Waals surface area contributed by atoms with Crippen molar-refractivity contribution < 1.29 is 4.74 Å². The van der Waals surface area contributed by atoms with Gasteiger partial charge in [-0.1, -0.05) is 0 Å². The van der Waals surface area contributed by atoms with Gasteiger partial charge in [0.25, 0.3) is 0 Å². The van der Waals surface area contributed by atoms with Gasteiger partial charge in [-0.3, -0.25) is 0 Å². The maximum atomic E-state index is 5.17. The Hall–Kier alpha value is -1.48. The molecular formula is C14H22N2O. The third kappa shape index (κ3) is 4.11. The minimum atomic E-state index is 0.888. The average Bonchev–Trinajstić information content (AvgIpc) is 2.29. The zero-order valence-corrected chi connectivity index (χ0v) is 11.4. The lowest BCUT2D eigenvalue weighted by Crippen LogP contribution is -2.15. The van der Waals surface area contributed by atoms with Gasteiger partial charge in [0.1, 0.15) is 5.75 Å². The molecule has 0 saturated carbocycles. The quantitative estimate of drug-likeness (QED) is 0.776. The van der Waals surface area contributed by atoms with Crippen LogP contribution in [0.2, 0.25) is 0 Å². The van der Waals surface area contributed by atoms with Crippen LogP contribution < -0.4 is 4.74 Å². The molecule has 0 saturated heterocycles. The molecule has 1 aromatic rings. The molecule has 0 amide bonds. The van der Waals surface area contributed by atoms with Crippen LogP contribution in [0.4, 0.5) is 0 Å². The van der Waals surface area contributed by atoms with Gasteiger partial charge in [-0.05, 0) is 50.0 Å². The van der Waals surface area contributed by atoms with Crippen molar-refractivity contribution >= 4 is 5.70 Å². The van der Waals surface area contributed by atoms with Gasteiger partial charge < -0.3 is 14.5 Å². The lowest BCUT2D eigenvalue weighted by Gasteiger charge is -2.19. The second-order valence-electron chi connectivity index (χ2n) is 4.47. The van der Waals surface area contributed by atoms with E-state index < -0.39 is 0 Å². The predicted octanol–water partition coefficient (Wildman–Crippen LogP) is 2.16. The third-order valence-electron chi connectivity index (χ3n) is 2.52. The first kappa shape index (κ1) is 13.6. The Bertz CT molecular complexity index is 366. The first-order valence-corrected chi connectivity index (χ1v) is 5.71. The fraction of sp³-hybridized carbons (Fsp3) is 0.429. The van der Waals surface area contributed by atoms with Gasteiger partial charge in [-0.15, -0.1) is 0 Å².